The number of phenols is 1. The molecule has 0 bridgehead atoms. The van der Waals surface area contributed by atoms with Crippen LogP contribution in [0.25, 0.3) is 0 Å². The Morgan fingerprint density at radius 1 is 1.24 bits per heavy atom. The fourth-order valence-corrected chi connectivity index (χ4v) is 7.76. The molecule has 1 heterocycles. The van der Waals surface area contributed by atoms with E-state index in [1.54, 1.807) is 18.7 Å². The van der Waals surface area contributed by atoms with Crippen LogP contribution in [0.4, 0.5) is 13.2 Å². The average Bonchev–Trinajstić information content (AvgIpc) is 3.42. The minimum absolute atomic E-state index is 0.170. The monoisotopic (exact) mass is 578 g/mol. The van der Waals surface area contributed by atoms with Gasteiger partial charge in [0, 0.05) is 12.0 Å². The lowest BCUT2D eigenvalue weighted by Gasteiger charge is -2.54. The summed E-state index contributed by atoms with van der Waals surface area (Å²) in [6.45, 7) is 4.48. The minimum atomic E-state index is -4.87. The maximum Gasteiger partial charge on any atom is 0.417 e. The average molecular weight is 579 g/mol. The molecule has 1 aliphatic heterocycles. The molecule has 0 aromatic heterocycles. The second-order valence-electron chi connectivity index (χ2n) is 11.5. The molecule has 1 aromatic rings. The zero-order chi connectivity index (χ0) is 30.2. The van der Waals surface area contributed by atoms with Crippen LogP contribution in [0.5, 0.6) is 5.75 Å². The number of nitrogens with one attached hydrogen (secondary N) is 2. The van der Waals surface area contributed by atoms with Gasteiger partial charge in [0.05, 0.1) is 28.8 Å². The summed E-state index contributed by atoms with van der Waals surface area (Å²) < 4.78 is 43.8. The molecule has 1 aromatic carbocycles. The Morgan fingerprint density at radius 3 is 2.44 bits per heavy atom. The summed E-state index contributed by atoms with van der Waals surface area (Å²) in [6.07, 6.45) is -4.46. The van der Waals surface area contributed by atoms with Crippen LogP contribution in [0.3, 0.4) is 0 Å². The topological polar surface area (TPSA) is 174 Å². The predicted molar refractivity (Wildman–Crippen MR) is 138 cm³/mol. The molecular formula is C28H33F3N4O6. The van der Waals surface area contributed by atoms with Crippen LogP contribution in [-0.4, -0.2) is 75.4 Å². The molecule has 0 spiro atoms. The predicted octanol–water partition coefficient (Wildman–Crippen LogP) is 1.54. The molecule has 3 fully saturated rings. The molecule has 10 nitrogen and oxygen atoms in total. The molecule has 1 saturated heterocycles. The van der Waals surface area contributed by atoms with Gasteiger partial charge in [0.1, 0.15) is 11.7 Å². The summed E-state index contributed by atoms with van der Waals surface area (Å²) in [6, 6.07) is -0.982. The number of alkyl halides is 3. The number of hydrogen-bond acceptors (Lipinski definition) is 9. The van der Waals surface area contributed by atoms with Gasteiger partial charge in [-0.15, -0.1) is 0 Å². The van der Waals surface area contributed by atoms with Crippen LogP contribution < -0.4 is 11.1 Å². The number of Topliss-reactive ketones (excluding diaryl/α,β-unsaturated/α-hetero) is 3. The lowest BCUT2D eigenvalue weighted by molar-refractivity contribution is -0.158. The lowest BCUT2D eigenvalue weighted by atomic mass is 9.52. The second kappa shape index (κ2) is 9.99. The SMILES string of the molecule is CCN(CC)C1C(=O)C(C(N)=O)C(=N)C2(O)C(=O)C3C(=O)c4c(O)cc(C5CCCN5)c(C(F)(F)F)c4CC3CC12. The van der Waals surface area contributed by atoms with E-state index in [0.29, 0.717) is 19.4 Å². The summed E-state index contributed by atoms with van der Waals surface area (Å²) in [5.74, 6) is -10.8. The molecule has 5 rings (SSSR count). The molecular weight excluding hydrogens is 545 g/mol. The molecule has 1 amide bonds. The van der Waals surface area contributed by atoms with Crippen molar-refractivity contribution in [3.63, 3.8) is 0 Å². The van der Waals surface area contributed by atoms with E-state index < -0.39 is 105 Å². The van der Waals surface area contributed by atoms with Crippen LogP contribution in [0.2, 0.25) is 0 Å². The minimum Gasteiger partial charge on any atom is -0.507 e. The molecule has 7 atom stereocenters. The first-order valence-corrected chi connectivity index (χ1v) is 13.9. The summed E-state index contributed by atoms with van der Waals surface area (Å²) in [7, 11) is 0. The number of aromatic hydroxyl groups is 1. The van der Waals surface area contributed by atoms with Gasteiger partial charge in [-0.3, -0.25) is 24.1 Å². The molecule has 4 aliphatic rings. The maximum absolute atomic E-state index is 14.6. The van der Waals surface area contributed by atoms with E-state index in [2.05, 4.69) is 5.32 Å². The van der Waals surface area contributed by atoms with Gasteiger partial charge in [-0.1, -0.05) is 13.8 Å². The molecule has 2 saturated carbocycles. The third-order valence-electron chi connectivity index (χ3n) is 9.52. The number of halogens is 3. The van der Waals surface area contributed by atoms with E-state index in [1.165, 1.54) is 0 Å². The number of carbonyl (C=O) groups is 4. The Morgan fingerprint density at radius 2 is 1.90 bits per heavy atom. The fraction of sp³-hybridized carbons (Fsp3) is 0.607. The summed E-state index contributed by atoms with van der Waals surface area (Å²) in [5.41, 5.74) is -0.430. The van der Waals surface area contributed by atoms with Crippen molar-refractivity contribution in [1.29, 1.82) is 5.41 Å². The van der Waals surface area contributed by atoms with Crippen molar-refractivity contribution in [3.05, 3.63) is 28.3 Å². The van der Waals surface area contributed by atoms with Gasteiger partial charge in [0.15, 0.2) is 23.0 Å². The Kier molecular flexibility index (Phi) is 7.14. The van der Waals surface area contributed by atoms with Gasteiger partial charge in [0.25, 0.3) is 0 Å². The first-order valence-electron chi connectivity index (χ1n) is 13.9. The van der Waals surface area contributed by atoms with Crippen molar-refractivity contribution in [2.45, 2.75) is 63.4 Å². The third-order valence-corrected chi connectivity index (χ3v) is 9.52. The van der Waals surface area contributed by atoms with E-state index in [4.69, 9.17) is 11.1 Å². The number of rotatable bonds is 5. The van der Waals surface area contributed by atoms with Crippen molar-refractivity contribution in [2.75, 3.05) is 19.6 Å². The summed E-state index contributed by atoms with van der Waals surface area (Å²) in [5, 5.41) is 34.3. The van der Waals surface area contributed by atoms with Gasteiger partial charge in [0.2, 0.25) is 5.91 Å². The Hall–Kier alpha value is -3.16. The van der Waals surface area contributed by atoms with E-state index in [1.807, 2.05) is 0 Å². The molecule has 6 N–H and O–H groups in total. The molecule has 3 aliphatic carbocycles. The molecule has 0 radical (unpaired) electrons. The second-order valence-corrected chi connectivity index (χ2v) is 11.5. The lowest BCUT2D eigenvalue weighted by Crippen LogP contribution is -2.74. The van der Waals surface area contributed by atoms with E-state index in [0.717, 1.165) is 6.07 Å². The first kappa shape index (κ1) is 29.3. The van der Waals surface area contributed by atoms with Crippen molar-refractivity contribution in [2.24, 2.45) is 29.4 Å². The number of benzene rings is 1. The van der Waals surface area contributed by atoms with Crippen molar-refractivity contribution >= 4 is 29.0 Å². The van der Waals surface area contributed by atoms with Crippen LogP contribution in [-0.2, 0) is 27.0 Å². The number of amides is 1. The number of likely N-dealkylation sites (N-methyl/N-ethyl adjacent to an activating group) is 1. The number of nitrogens with zero attached hydrogens (tertiary/aromatic N) is 1. The third kappa shape index (κ3) is 4.15. The number of hydrogen-bond donors (Lipinski definition) is 5. The Balaban J connectivity index is 1.69. The van der Waals surface area contributed by atoms with Crippen molar-refractivity contribution in [1.82, 2.24) is 10.2 Å². The van der Waals surface area contributed by atoms with Crippen LogP contribution in [0, 0.1) is 29.1 Å². The smallest absolute Gasteiger partial charge is 0.417 e. The zero-order valence-corrected chi connectivity index (χ0v) is 22.7. The zero-order valence-electron chi connectivity index (χ0n) is 22.7. The van der Waals surface area contributed by atoms with Gasteiger partial charge >= 0.3 is 6.18 Å². The molecule has 7 unspecified atom stereocenters. The van der Waals surface area contributed by atoms with Crippen LogP contribution in [0.1, 0.15) is 66.2 Å². The highest BCUT2D eigenvalue weighted by Gasteiger charge is 2.68. The number of fused-ring (bicyclic) bond motifs is 3. The maximum atomic E-state index is 14.6. The van der Waals surface area contributed by atoms with Gasteiger partial charge in [-0.2, -0.15) is 13.2 Å². The largest absolute Gasteiger partial charge is 0.507 e. The number of nitrogens with two attached hydrogens (primary N) is 1. The Labute approximate surface area is 234 Å². The number of carbonyl (C=O) groups excluding carboxylic acids is 4. The van der Waals surface area contributed by atoms with E-state index >= 15 is 0 Å². The van der Waals surface area contributed by atoms with Crippen molar-refractivity contribution in [3.8, 4) is 5.75 Å². The molecule has 41 heavy (non-hydrogen) atoms. The summed E-state index contributed by atoms with van der Waals surface area (Å²) in [4.78, 5) is 55.3. The Bertz CT molecular complexity index is 1350. The van der Waals surface area contributed by atoms with E-state index in [-0.39, 0.29) is 25.1 Å². The number of ketones is 3. The fourth-order valence-electron chi connectivity index (χ4n) is 7.76. The summed E-state index contributed by atoms with van der Waals surface area (Å²) >= 11 is 0. The quantitative estimate of drug-likeness (QED) is 0.327. The first-order chi connectivity index (χ1) is 19.2. The highest BCUT2D eigenvalue weighted by atomic mass is 19.4. The standard InChI is InChI=1S/C28H33F3N4O6/c1-3-35(4-2)21-14-9-11-8-13-18(16(36)10-12(15-6-5-7-34-15)20(13)28(29,30)31)22(37)17(11)25(39)27(14,41)24(32)19(23(21)38)26(33)40/h10-11,14-15,17,19,21,32,34,36,41H,3-9H2,1-2H3,(H2,33,40). The van der Waals surface area contributed by atoms with E-state index in [9.17, 15) is 42.6 Å². The number of phenolic OH excluding ortho intramolecular Hbond substituents is 1. The van der Waals surface area contributed by atoms with Gasteiger partial charge < -0.3 is 26.7 Å². The van der Waals surface area contributed by atoms with Crippen LogP contribution >= 0.6 is 0 Å². The number of aliphatic hydroxyl groups is 1. The molecule has 13 heteroatoms. The van der Waals surface area contributed by atoms with Crippen LogP contribution in [0.15, 0.2) is 6.07 Å². The van der Waals surface area contributed by atoms with Gasteiger partial charge in [-0.05, 0) is 68.4 Å². The van der Waals surface area contributed by atoms with Gasteiger partial charge in [-0.25, -0.2) is 0 Å². The van der Waals surface area contributed by atoms with Crippen molar-refractivity contribution < 1.29 is 42.6 Å². The number of primary amides is 1. The highest BCUT2D eigenvalue weighted by Crippen LogP contribution is 2.53. The molecule has 222 valence electrons. The normalized spacial score (nSPS) is 33.5. The highest BCUT2D eigenvalue weighted by molar-refractivity contribution is 6.33.